The van der Waals surface area contributed by atoms with E-state index in [0.29, 0.717) is 31.1 Å². The molecule has 3 aromatic rings. The molecule has 1 saturated heterocycles. The zero-order valence-corrected chi connectivity index (χ0v) is 29.0. The highest BCUT2D eigenvalue weighted by molar-refractivity contribution is 7.89. The quantitative estimate of drug-likeness (QED) is 0.200. The number of fused-ring (bicyclic) bond motifs is 1. The Bertz CT molecular complexity index is 1540. The van der Waals surface area contributed by atoms with Crippen LogP contribution < -0.4 is 14.4 Å². The molecule has 9 heteroatoms. The number of sulfonamides is 1. The highest BCUT2D eigenvalue weighted by atomic mass is 32.2. The molecule has 0 amide bonds. The predicted octanol–water partition coefficient (Wildman–Crippen LogP) is 6.81. The average Bonchev–Trinajstić information content (AvgIpc) is 3.03. The molecule has 46 heavy (non-hydrogen) atoms. The van der Waals surface area contributed by atoms with Crippen LogP contribution in [0.3, 0.4) is 0 Å². The van der Waals surface area contributed by atoms with E-state index in [4.69, 9.17) is 18.9 Å². The number of benzene rings is 3. The molecule has 0 aromatic heterocycles. The summed E-state index contributed by atoms with van der Waals surface area (Å²) in [5, 5.41) is 0. The van der Waals surface area contributed by atoms with Crippen molar-refractivity contribution >= 4 is 15.7 Å². The fourth-order valence-electron chi connectivity index (χ4n) is 6.66. The van der Waals surface area contributed by atoms with Crippen LogP contribution in [0.2, 0.25) is 0 Å². The Morgan fingerprint density at radius 2 is 1.72 bits per heavy atom. The standard InChI is InChI=1S/C37H50N2O6S/c1-27-8-15-32(16-9-27)46(40,41)39-25-36(33(23-30(39)24-37(2,3)4)29-11-13-31(43-6)14-12-29)45-26-28-10-17-35-34(22-28)38(19-21-44-35)18-7-20-42-5/h8-17,22,30,33,36H,7,18-21,23-26H2,1-6H3/t30-,33-,36+/m1/s1. The van der Waals surface area contributed by atoms with Crippen molar-refractivity contribution < 1.29 is 27.4 Å². The highest BCUT2D eigenvalue weighted by Crippen LogP contribution is 2.41. The Morgan fingerprint density at radius 3 is 2.39 bits per heavy atom. The maximum Gasteiger partial charge on any atom is 0.243 e. The highest BCUT2D eigenvalue weighted by Gasteiger charge is 2.44. The number of methoxy groups -OCH3 is 2. The van der Waals surface area contributed by atoms with E-state index in [2.05, 4.69) is 43.9 Å². The van der Waals surface area contributed by atoms with Gasteiger partial charge in [0.1, 0.15) is 18.1 Å². The van der Waals surface area contributed by atoms with Gasteiger partial charge in [0, 0.05) is 38.8 Å². The lowest BCUT2D eigenvalue weighted by Gasteiger charge is -2.45. The number of hydrogen-bond acceptors (Lipinski definition) is 7. The van der Waals surface area contributed by atoms with Crippen LogP contribution in [0.15, 0.2) is 71.6 Å². The number of rotatable bonds is 12. The molecule has 5 rings (SSSR count). The lowest BCUT2D eigenvalue weighted by molar-refractivity contribution is -0.0245. The van der Waals surface area contributed by atoms with E-state index in [1.54, 1.807) is 30.7 Å². The summed E-state index contributed by atoms with van der Waals surface area (Å²) in [4.78, 5) is 2.66. The average molecular weight is 651 g/mol. The molecule has 0 bridgehead atoms. The van der Waals surface area contributed by atoms with Gasteiger partial charge in [-0.2, -0.15) is 4.31 Å². The third-order valence-electron chi connectivity index (χ3n) is 8.98. The van der Waals surface area contributed by atoms with Crippen LogP contribution in [-0.4, -0.2) is 71.9 Å². The van der Waals surface area contributed by atoms with Crippen LogP contribution >= 0.6 is 0 Å². The molecule has 3 atom stereocenters. The van der Waals surface area contributed by atoms with Gasteiger partial charge in [-0.3, -0.25) is 0 Å². The van der Waals surface area contributed by atoms with Crippen molar-refractivity contribution in [2.45, 2.75) is 76.5 Å². The van der Waals surface area contributed by atoms with E-state index in [1.165, 1.54) is 0 Å². The second-order valence-electron chi connectivity index (χ2n) is 13.8. The number of piperidine rings is 1. The Morgan fingerprint density at radius 1 is 0.978 bits per heavy atom. The van der Waals surface area contributed by atoms with Crippen LogP contribution in [0.1, 0.15) is 62.6 Å². The normalized spacial score (nSPS) is 20.7. The van der Waals surface area contributed by atoms with Gasteiger partial charge < -0.3 is 23.8 Å². The lowest BCUT2D eigenvalue weighted by atomic mass is 9.78. The van der Waals surface area contributed by atoms with Gasteiger partial charge in [-0.05, 0) is 79.1 Å². The molecule has 2 aliphatic rings. The maximum atomic E-state index is 14.3. The Hall–Kier alpha value is -3.11. The fraction of sp³-hybridized carbons (Fsp3) is 0.514. The number of aryl methyl sites for hydroxylation is 1. The van der Waals surface area contributed by atoms with E-state index in [0.717, 1.165) is 59.8 Å². The fourth-order valence-corrected chi connectivity index (χ4v) is 8.31. The summed E-state index contributed by atoms with van der Waals surface area (Å²) in [5.74, 6) is 1.67. The van der Waals surface area contributed by atoms with E-state index in [9.17, 15) is 8.42 Å². The predicted molar refractivity (Wildman–Crippen MR) is 183 cm³/mol. The van der Waals surface area contributed by atoms with Crippen molar-refractivity contribution in [2.24, 2.45) is 5.41 Å². The summed E-state index contributed by atoms with van der Waals surface area (Å²) in [7, 11) is -0.372. The molecule has 2 aliphatic heterocycles. The Labute approximate surface area is 275 Å². The zero-order valence-electron chi connectivity index (χ0n) is 28.2. The molecule has 250 valence electrons. The summed E-state index contributed by atoms with van der Waals surface area (Å²) in [6.45, 7) is 12.2. The minimum Gasteiger partial charge on any atom is -0.497 e. The van der Waals surface area contributed by atoms with Gasteiger partial charge in [0.2, 0.25) is 10.0 Å². The van der Waals surface area contributed by atoms with Crippen molar-refractivity contribution in [1.29, 1.82) is 0 Å². The summed E-state index contributed by atoms with van der Waals surface area (Å²) < 4.78 is 53.7. The molecule has 0 aliphatic carbocycles. The minimum absolute atomic E-state index is 0.00854. The van der Waals surface area contributed by atoms with Gasteiger partial charge >= 0.3 is 0 Å². The maximum absolute atomic E-state index is 14.3. The van der Waals surface area contributed by atoms with Crippen molar-refractivity contribution in [2.75, 3.05) is 52.0 Å². The van der Waals surface area contributed by atoms with Crippen LogP contribution in [0.5, 0.6) is 11.5 Å². The number of ether oxygens (including phenoxy) is 4. The van der Waals surface area contributed by atoms with Gasteiger partial charge in [-0.1, -0.05) is 56.7 Å². The first kappa shape index (κ1) is 34.2. The van der Waals surface area contributed by atoms with Crippen molar-refractivity contribution in [3.63, 3.8) is 0 Å². The topological polar surface area (TPSA) is 77.5 Å². The van der Waals surface area contributed by atoms with Gasteiger partial charge in [-0.15, -0.1) is 0 Å². The molecular formula is C37H50N2O6S. The molecule has 8 nitrogen and oxygen atoms in total. The first-order chi connectivity index (χ1) is 22.0. The SMILES string of the molecule is COCCCN1CCOc2ccc(CO[C@H]3CN(S(=O)(=O)c4ccc(C)cc4)[C@@H](CC(C)(C)C)C[C@@H]3c3ccc(OC)cc3)cc21. The van der Waals surface area contributed by atoms with E-state index < -0.39 is 10.0 Å². The van der Waals surface area contributed by atoms with Crippen LogP contribution in [0.4, 0.5) is 5.69 Å². The van der Waals surface area contributed by atoms with E-state index in [-0.39, 0.29) is 30.0 Å². The summed E-state index contributed by atoms with van der Waals surface area (Å²) in [6.07, 6.45) is 1.98. The zero-order chi connectivity index (χ0) is 32.9. The molecule has 0 spiro atoms. The number of anilines is 1. The number of nitrogens with zero attached hydrogens (tertiary/aromatic N) is 2. The summed E-state index contributed by atoms with van der Waals surface area (Å²) >= 11 is 0. The van der Waals surface area contributed by atoms with Crippen molar-refractivity contribution in [1.82, 2.24) is 4.31 Å². The molecule has 1 fully saturated rings. The number of hydrogen-bond donors (Lipinski definition) is 0. The molecule has 3 aromatic carbocycles. The molecule has 0 saturated carbocycles. The Kier molecular flexibility index (Phi) is 11.0. The van der Waals surface area contributed by atoms with Crippen molar-refractivity contribution in [3.8, 4) is 11.5 Å². The molecule has 0 radical (unpaired) electrons. The summed E-state index contributed by atoms with van der Waals surface area (Å²) in [5.41, 5.74) is 4.17. The van der Waals surface area contributed by atoms with Gasteiger partial charge in [-0.25, -0.2) is 8.42 Å². The van der Waals surface area contributed by atoms with Gasteiger partial charge in [0.25, 0.3) is 0 Å². The first-order valence-electron chi connectivity index (χ1n) is 16.3. The minimum atomic E-state index is -3.76. The largest absolute Gasteiger partial charge is 0.497 e. The van der Waals surface area contributed by atoms with Crippen molar-refractivity contribution in [3.05, 3.63) is 83.4 Å². The second-order valence-corrected chi connectivity index (χ2v) is 15.6. The summed E-state index contributed by atoms with van der Waals surface area (Å²) in [6, 6.07) is 21.3. The molecule has 0 unspecified atom stereocenters. The lowest BCUT2D eigenvalue weighted by Crippen LogP contribution is -2.53. The first-order valence-corrected chi connectivity index (χ1v) is 17.8. The van der Waals surface area contributed by atoms with E-state index in [1.807, 2.05) is 43.3 Å². The van der Waals surface area contributed by atoms with Crippen LogP contribution in [0, 0.1) is 12.3 Å². The van der Waals surface area contributed by atoms with Crippen LogP contribution in [0.25, 0.3) is 0 Å². The van der Waals surface area contributed by atoms with E-state index >= 15 is 0 Å². The smallest absolute Gasteiger partial charge is 0.243 e. The molecular weight excluding hydrogens is 600 g/mol. The molecule has 2 heterocycles. The Balaban J connectivity index is 1.45. The molecule has 0 N–H and O–H groups in total. The third-order valence-corrected chi connectivity index (χ3v) is 10.9. The van der Waals surface area contributed by atoms with Gasteiger partial charge in [0.05, 0.1) is 36.9 Å². The third kappa shape index (κ3) is 8.23. The second kappa shape index (κ2) is 14.8. The van der Waals surface area contributed by atoms with Gasteiger partial charge in [0.15, 0.2) is 0 Å². The van der Waals surface area contributed by atoms with Crippen LogP contribution in [-0.2, 0) is 26.1 Å². The monoisotopic (exact) mass is 650 g/mol.